The normalized spacial score (nSPS) is 11.9. The average molecular weight is 445 g/mol. The van der Waals surface area contributed by atoms with Gasteiger partial charge in [0.25, 0.3) is 5.91 Å². The van der Waals surface area contributed by atoms with Crippen LogP contribution in [0.4, 0.5) is 5.13 Å². The standard InChI is InChI=1S/C20H24N6O2S2/c1-5-26-17(14(4)22-18(28)15-8-6-12(2)7-9-15)24-25-20(26)29-11-16(27)23-19-21-10-13(3)30-19/h6-10,14H,5,11H2,1-4H3,(H,22,28)(H,21,23,27)/t14-/m0/s1. The summed E-state index contributed by atoms with van der Waals surface area (Å²) in [6.45, 7) is 8.39. The summed E-state index contributed by atoms with van der Waals surface area (Å²) in [6.07, 6.45) is 1.72. The lowest BCUT2D eigenvalue weighted by Gasteiger charge is -2.15. The molecule has 8 nitrogen and oxygen atoms in total. The van der Waals surface area contributed by atoms with Gasteiger partial charge in [-0.25, -0.2) is 4.98 Å². The molecule has 2 heterocycles. The molecule has 10 heteroatoms. The van der Waals surface area contributed by atoms with E-state index in [9.17, 15) is 9.59 Å². The van der Waals surface area contributed by atoms with Crippen molar-refractivity contribution in [3.05, 3.63) is 52.3 Å². The van der Waals surface area contributed by atoms with Crippen molar-refractivity contribution in [3.63, 3.8) is 0 Å². The van der Waals surface area contributed by atoms with Crippen LogP contribution in [0, 0.1) is 13.8 Å². The minimum absolute atomic E-state index is 0.151. The molecule has 0 saturated carbocycles. The predicted molar refractivity (Wildman–Crippen MR) is 119 cm³/mol. The molecule has 0 spiro atoms. The number of hydrogen-bond donors (Lipinski definition) is 2. The quantitative estimate of drug-likeness (QED) is 0.515. The summed E-state index contributed by atoms with van der Waals surface area (Å²) in [5.41, 5.74) is 1.69. The SMILES string of the molecule is CCn1c(SCC(=O)Nc2ncc(C)s2)nnc1[C@H](C)NC(=O)c1ccc(C)cc1. The zero-order valence-electron chi connectivity index (χ0n) is 17.3. The molecule has 3 rings (SSSR count). The van der Waals surface area contributed by atoms with Crippen molar-refractivity contribution in [3.8, 4) is 0 Å². The molecular weight excluding hydrogens is 420 g/mol. The van der Waals surface area contributed by atoms with Crippen LogP contribution in [-0.4, -0.2) is 37.3 Å². The molecular formula is C20H24N6O2S2. The molecule has 0 saturated heterocycles. The molecule has 0 aliphatic heterocycles. The van der Waals surface area contributed by atoms with E-state index in [1.807, 2.05) is 44.4 Å². The van der Waals surface area contributed by atoms with E-state index in [0.717, 1.165) is 10.4 Å². The summed E-state index contributed by atoms with van der Waals surface area (Å²) in [5, 5.41) is 15.4. The number of thioether (sulfide) groups is 1. The van der Waals surface area contributed by atoms with Gasteiger partial charge in [-0.15, -0.1) is 21.5 Å². The van der Waals surface area contributed by atoms with E-state index >= 15 is 0 Å². The van der Waals surface area contributed by atoms with Crippen molar-refractivity contribution < 1.29 is 9.59 Å². The highest BCUT2D eigenvalue weighted by molar-refractivity contribution is 7.99. The molecule has 0 radical (unpaired) electrons. The monoisotopic (exact) mass is 444 g/mol. The maximum absolute atomic E-state index is 12.5. The third-order valence-electron chi connectivity index (χ3n) is 4.31. The maximum atomic E-state index is 12.5. The molecule has 158 valence electrons. The highest BCUT2D eigenvalue weighted by Gasteiger charge is 2.20. The summed E-state index contributed by atoms with van der Waals surface area (Å²) in [5.74, 6) is 0.528. The zero-order valence-corrected chi connectivity index (χ0v) is 18.9. The molecule has 2 aromatic heterocycles. The van der Waals surface area contributed by atoms with Crippen molar-refractivity contribution in [1.29, 1.82) is 0 Å². The Kier molecular flexibility index (Phi) is 7.22. The Balaban J connectivity index is 1.61. The Morgan fingerprint density at radius 3 is 2.57 bits per heavy atom. The Hall–Kier alpha value is -2.72. The highest BCUT2D eigenvalue weighted by Crippen LogP contribution is 2.22. The Bertz CT molecular complexity index is 1030. The minimum atomic E-state index is -0.326. The molecule has 1 aromatic carbocycles. The highest BCUT2D eigenvalue weighted by atomic mass is 32.2. The second-order valence-corrected chi connectivity index (χ2v) is 8.94. The average Bonchev–Trinajstić information content (AvgIpc) is 3.32. The van der Waals surface area contributed by atoms with Crippen LogP contribution in [-0.2, 0) is 11.3 Å². The van der Waals surface area contributed by atoms with Crippen molar-refractivity contribution in [2.75, 3.05) is 11.1 Å². The number of amides is 2. The van der Waals surface area contributed by atoms with Gasteiger partial charge in [-0.1, -0.05) is 29.5 Å². The number of rotatable bonds is 8. The minimum Gasteiger partial charge on any atom is -0.342 e. The van der Waals surface area contributed by atoms with E-state index < -0.39 is 0 Å². The fourth-order valence-corrected chi connectivity index (χ4v) is 4.26. The van der Waals surface area contributed by atoms with Crippen LogP contribution in [0.1, 0.15) is 46.5 Å². The third kappa shape index (κ3) is 5.45. The second kappa shape index (κ2) is 9.86. The van der Waals surface area contributed by atoms with E-state index in [-0.39, 0.29) is 23.6 Å². The molecule has 30 heavy (non-hydrogen) atoms. The van der Waals surface area contributed by atoms with Crippen molar-refractivity contribution in [2.45, 2.75) is 45.4 Å². The summed E-state index contributed by atoms with van der Waals surface area (Å²) >= 11 is 2.73. The van der Waals surface area contributed by atoms with Gasteiger partial charge in [-0.2, -0.15) is 0 Å². The fraction of sp³-hybridized carbons (Fsp3) is 0.350. The van der Waals surface area contributed by atoms with E-state index in [0.29, 0.717) is 28.2 Å². The lowest BCUT2D eigenvalue weighted by atomic mass is 10.1. The van der Waals surface area contributed by atoms with E-state index in [1.165, 1.54) is 23.1 Å². The first-order chi connectivity index (χ1) is 14.4. The van der Waals surface area contributed by atoms with Crippen LogP contribution in [0.15, 0.2) is 35.6 Å². The second-order valence-electron chi connectivity index (χ2n) is 6.76. The number of nitrogens with one attached hydrogen (secondary N) is 2. The van der Waals surface area contributed by atoms with E-state index in [2.05, 4.69) is 25.8 Å². The lowest BCUT2D eigenvalue weighted by molar-refractivity contribution is -0.113. The molecule has 0 aliphatic rings. The number of nitrogens with zero attached hydrogens (tertiary/aromatic N) is 4. The Morgan fingerprint density at radius 1 is 1.20 bits per heavy atom. The van der Waals surface area contributed by atoms with Gasteiger partial charge in [-0.3, -0.25) is 9.59 Å². The van der Waals surface area contributed by atoms with Crippen LogP contribution in [0.3, 0.4) is 0 Å². The summed E-state index contributed by atoms with van der Waals surface area (Å²) in [4.78, 5) is 29.9. The summed E-state index contributed by atoms with van der Waals surface area (Å²) in [6, 6.07) is 7.08. The van der Waals surface area contributed by atoms with Crippen LogP contribution >= 0.6 is 23.1 Å². The van der Waals surface area contributed by atoms with Crippen molar-refractivity contribution >= 4 is 40.0 Å². The first-order valence-corrected chi connectivity index (χ1v) is 11.3. The van der Waals surface area contributed by atoms with Crippen LogP contribution < -0.4 is 10.6 Å². The molecule has 0 aliphatic carbocycles. The van der Waals surface area contributed by atoms with Gasteiger partial charge < -0.3 is 15.2 Å². The number of aryl methyl sites for hydroxylation is 2. The van der Waals surface area contributed by atoms with Gasteiger partial charge in [0, 0.05) is 23.2 Å². The number of anilines is 1. The number of thiazole rings is 1. The fourth-order valence-electron chi connectivity index (χ4n) is 2.77. The van der Waals surface area contributed by atoms with Gasteiger partial charge in [-0.05, 0) is 39.8 Å². The molecule has 2 amide bonds. The first-order valence-electron chi connectivity index (χ1n) is 9.53. The Labute approximate surface area is 183 Å². The summed E-state index contributed by atoms with van der Waals surface area (Å²) < 4.78 is 1.91. The number of carbonyl (C=O) groups excluding carboxylic acids is 2. The van der Waals surface area contributed by atoms with Gasteiger partial charge in [0.1, 0.15) is 0 Å². The molecule has 3 aromatic rings. The number of hydrogen-bond acceptors (Lipinski definition) is 7. The van der Waals surface area contributed by atoms with Crippen molar-refractivity contribution in [1.82, 2.24) is 25.1 Å². The first kappa shape index (κ1) is 22.0. The van der Waals surface area contributed by atoms with Crippen LogP contribution in [0.5, 0.6) is 0 Å². The van der Waals surface area contributed by atoms with Crippen LogP contribution in [0.25, 0.3) is 0 Å². The molecule has 0 fully saturated rings. The number of carbonyl (C=O) groups is 2. The van der Waals surface area contributed by atoms with Crippen molar-refractivity contribution in [2.24, 2.45) is 0 Å². The number of aromatic nitrogens is 4. The number of benzene rings is 1. The van der Waals surface area contributed by atoms with Gasteiger partial charge in [0.05, 0.1) is 11.8 Å². The largest absolute Gasteiger partial charge is 0.342 e. The van der Waals surface area contributed by atoms with Gasteiger partial charge in [0.15, 0.2) is 16.1 Å². The zero-order chi connectivity index (χ0) is 21.7. The molecule has 1 atom stereocenters. The van der Waals surface area contributed by atoms with E-state index in [4.69, 9.17) is 0 Å². The van der Waals surface area contributed by atoms with Crippen LogP contribution in [0.2, 0.25) is 0 Å². The molecule has 0 unspecified atom stereocenters. The lowest BCUT2D eigenvalue weighted by Crippen LogP contribution is -2.28. The van der Waals surface area contributed by atoms with E-state index in [1.54, 1.807) is 18.3 Å². The molecule has 2 N–H and O–H groups in total. The Morgan fingerprint density at radius 2 is 1.93 bits per heavy atom. The summed E-state index contributed by atoms with van der Waals surface area (Å²) in [7, 11) is 0. The maximum Gasteiger partial charge on any atom is 0.251 e. The smallest absolute Gasteiger partial charge is 0.251 e. The predicted octanol–water partition coefficient (Wildman–Crippen LogP) is 3.59. The third-order valence-corrected chi connectivity index (χ3v) is 6.11. The topological polar surface area (TPSA) is 102 Å². The van der Waals surface area contributed by atoms with Gasteiger partial charge >= 0.3 is 0 Å². The molecule has 0 bridgehead atoms. The van der Waals surface area contributed by atoms with Gasteiger partial charge in [0.2, 0.25) is 5.91 Å².